The summed E-state index contributed by atoms with van der Waals surface area (Å²) in [6.45, 7) is 5.21. The van der Waals surface area contributed by atoms with Gasteiger partial charge in [0.25, 0.3) is 0 Å². The van der Waals surface area contributed by atoms with Crippen molar-refractivity contribution in [3.63, 3.8) is 0 Å². The van der Waals surface area contributed by atoms with Crippen LogP contribution >= 0.6 is 0 Å². The first kappa shape index (κ1) is 14.1. The quantitative estimate of drug-likeness (QED) is 0.372. The minimum atomic E-state index is -2.19. The van der Waals surface area contributed by atoms with Gasteiger partial charge in [-0.05, 0) is 12.8 Å². The molecule has 0 aliphatic heterocycles. The van der Waals surface area contributed by atoms with Gasteiger partial charge < -0.3 is 10.7 Å². The molecule has 0 aromatic heterocycles. The van der Waals surface area contributed by atoms with Gasteiger partial charge in [0.1, 0.15) is 6.54 Å². The molecular weight excluding hydrogens is 162 g/mol. The molecule has 0 saturated carbocycles. The Hall–Kier alpha value is -0.460. The maximum absolute atomic E-state index is 10.4. The SMILES string of the molecule is C=CCC(CC)C[N+]([O-])(O)O.O. The minimum absolute atomic E-state index is 0. The van der Waals surface area contributed by atoms with E-state index in [0.717, 1.165) is 6.42 Å². The second-order valence-electron chi connectivity index (χ2n) is 2.65. The van der Waals surface area contributed by atoms with Crippen molar-refractivity contribution in [3.05, 3.63) is 17.9 Å². The van der Waals surface area contributed by atoms with Crippen LogP contribution in [-0.4, -0.2) is 27.4 Å². The fourth-order valence-corrected chi connectivity index (χ4v) is 0.942. The van der Waals surface area contributed by atoms with Crippen LogP contribution in [0.2, 0.25) is 0 Å². The maximum Gasteiger partial charge on any atom is 0.145 e. The molecule has 0 saturated heterocycles. The van der Waals surface area contributed by atoms with E-state index in [9.17, 15) is 5.21 Å². The number of hydrogen-bond acceptors (Lipinski definition) is 3. The fourth-order valence-electron chi connectivity index (χ4n) is 0.942. The summed E-state index contributed by atoms with van der Waals surface area (Å²) in [5.74, 6) is -0.000000000000000222. The highest BCUT2D eigenvalue weighted by molar-refractivity contribution is 4.71. The molecule has 4 N–H and O–H groups in total. The van der Waals surface area contributed by atoms with Crippen LogP contribution in [0, 0.1) is 11.1 Å². The number of quaternary nitrogens is 1. The van der Waals surface area contributed by atoms with Crippen LogP contribution in [-0.2, 0) is 0 Å². The summed E-state index contributed by atoms with van der Waals surface area (Å²) < 4.78 is 0. The van der Waals surface area contributed by atoms with Gasteiger partial charge in [-0.15, -0.1) is 6.58 Å². The van der Waals surface area contributed by atoms with Gasteiger partial charge in [-0.3, -0.25) is 0 Å². The normalized spacial score (nSPS) is 13.3. The molecule has 12 heavy (non-hydrogen) atoms. The average molecular weight is 179 g/mol. The van der Waals surface area contributed by atoms with Crippen LogP contribution in [0.3, 0.4) is 0 Å². The highest BCUT2D eigenvalue weighted by Crippen LogP contribution is 2.12. The van der Waals surface area contributed by atoms with Crippen LogP contribution in [0.15, 0.2) is 12.7 Å². The zero-order valence-corrected chi connectivity index (χ0v) is 7.23. The maximum atomic E-state index is 10.4. The number of allylic oxidation sites excluding steroid dienone is 1. The van der Waals surface area contributed by atoms with E-state index in [2.05, 4.69) is 6.58 Å². The van der Waals surface area contributed by atoms with Crippen LogP contribution in [0.25, 0.3) is 0 Å². The van der Waals surface area contributed by atoms with Crippen LogP contribution in [0.5, 0.6) is 0 Å². The van der Waals surface area contributed by atoms with Crippen molar-refractivity contribution in [1.29, 1.82) is 0 Å². The van der Waals surface area contributed by atoms with E-state index >= 15 is 0 Å². The zero-order chi connectivity index (χ0) is 8.91. The predicted molar refractivity (Wildman–Crippen MR) is 44.3 cm³/mol. The number of hydroxylamine groups is 3. The Labute approximate surface area is 71.9 Å². The molecule has 1 atom stereocenters. The largest absolute Gasteiger partial charge is 0.564 e. The van der Waals surface area contributed by atoms with Gasteiger partial charge >= 0.3 is 0 Å². The molecule has 0 aromatic rings. The van der Waals surface area contributed by atoms with Crippen molar-refractivity contribution in [2.75, 3.05) is 6.54 Å². The van der Waals surface area contributed by atoms with Crippen molar-refractivity contribution < 1.29 is 20.9 Å². The third kappa shape index (κ3) is 7.64. The number of nitrogens with zero attached hydrogens (tertiary/aromatic N) is 1. The van der Waals surface area contributed by atoms with Crippen molar-refractivity contribution in [1.82, 2.24) is 0 Å². The Bertz CT molecular complexity index is 121. The topological polar surface area (TPSA) is 95.0 Å². The third-order valence-electron chi connectivity index (χ3n) is 1.57. The first-order chi connectivity index (χ1) is 4.99. The third-order valence-corrected chi connectivity index (χ3v) is 1.57. The van der Waals surface area contributed by atoms with Crippen molar-refractivity contribution in [2.24, 2.45) is 5.92 Å². The smallest absolute Gasteiger partial charge is 0.145 e. The lowest BCUT2D eigenvalue weighted by Crippen LogP contribution is -2.38. The van der Waals surface area contributed by atoms with E-state index < -0.39 is 4.97 Å². The predicted octanol–water partition coefficient (Wildman–Crippen LogP) is 0.857. The summed E-state index contributed by atoms with van der Waals surface area (Å²) in [4.78, 5) is -2.19. The lowest BCUT2D eigenvalue weighted by molar-refractivity contribution is -1.21. The summed E-state index contributed by atoms with van der Waals surface area (Å²) >= 11 is 0. The molecule has 0 bridgehead atoms. The summed E-state index contributed by atoms with van der Waals surface area (Å²) in [5.41, 5.74) is 0. The van der Waals surface area contributed by atoms with Gasteiger partial charge in [0.05, 0.1) is 0 Å². The molecule has 0 spiro atoms. The number of rotatable bonds is 5. The Balaban J connectivity index is 0. The molecule has 0 aliphatic carbocycles. The molecule has 5 nitrogen and oxygen atoms in total. The van der Waals surface area contributed by atoms with E-state index in [1.165, 1.54) is 0 Å². The standard InChI is InChI=1S/C7H15NO3.H2O/c1-3-5-7(4-2)6-8(9,10)11;/h3,7,9-10H,1,4-6H2,2H3;1H2. The summed E-state index contributed by atoms with van der Waals surface area (Å²) in [6.07, 6.45) is 3.05. The summed E-state index contributed by atoms with van der Waals surface area (Å²) in [7, 11) is 0. The monoisotopic (exact) mass is 179 g/mol. The second kappa shape index (κ2) is 6.10. The molecule has 0 aromatic carbocycles. The molecule has 0 rings (SSSR count). The number of hydrogen-bond donors (Lipinski definition) is 2. The fraction of sp³-hybridized carbons (Fsp3) is 0.714. The molecule has 0 radical (unpaired) electrons. The van der Waals surface area contributed by atoms with Crippen molar-refractivity contribution in [2.45, 2.75) is 19.8 Å². The molecule has 0 fully saturated rings. The molecule has 0 amide bonds. The van der Waals surface area contributed by atoms with E-state index in [1.54, 1.807) is 6.08 Å². The van der Waals surface area contributed by atoms with Gasteiger partial charge in [0.15, 0.2) is 0 Å². The molecule has 0 aliphatic rings. The Morgan fingerprint density at radius 2 is 2.08 bits per heavy atom. The van der Waals surface area contributed by atoms with Crippen LogP contribution < -0.4 is 0 Å². The minimum Gasteiger partial charge on any atom is -0.564 e. The van der Waals surface area contributed by atoms with Crippen LogP contribution in [0.1, 0.15) is 19.8 Å². The lowest BCUT2D eigenvalue weighted by Gasteiger charge is -2.27. The van der Waals surface area contributed by atoms with Gasteiger partial charge in [-0.25, -0.2) is 0 Å². The first-order valence-corrected chi connectivity index (χ1v) is 3.65. The van der Waals surface area contributed by atoms with E-state index in [4.69, 9.17) is 10.4 Å². The van der Waals surface area contributed by atoms with E-state index in [1.807, 2.05) is 6.92 Å². The second-order valence-corrected chi connectivity index (χ2v) is 2.65. The molecule has 5 heteroatoms. The summed E-state index contributed by atoms with van der Waals surface area (Å²) in [6, 6.07) is 0. The average Bonchev–Trinajstić information content (AvgIpc) is 1.84. The highest BCUT2D eigenvalue weighted by atomic mass is 17.1. The van der Waals surface area contributed by atoms with Gasteiger partial charge in [0.2, 0.25) is 0 Å². The van der Waals surface area contributed by atoms with Crippen LogP contribution in [0.4, 0.5) is 0 Å². The van der Waals surface area contributed by atoms with Gasteiger partial charge in [-0.2, -0.15) is 10.4 Å². The highest BCUT2D eigenvalue weighted by Gasteiger charge is 2.16. The van der Waals surface area contributed by atoms with Crippen molar-refractivity contribution in [3.8, 4) is 0 Å². The zero-order valence-electron chi connectivity index (χ0n) is 7.23. The van der Waals surface area contributed by atoms with E-state index in [0.29, 0.717) is 6.42 Å². The Morgan fingerprint density at radius 1 is 1.58 bits per heavy atom. The first-order valence-electron chi connectivity index (χ1n) is 3.65. The van der Waals surface area contributed by atoms with Crippen molar-refractivity contribution >= 4 is 0 Å². The Kier molecular flexibility index (Phi) is 7.16. The van der Waals surface area contributed by atoms with Gasteiger partial charge in [0, 0.05) is 5.92 Å². The summed E-state index contributed by atoms with van der Waals surface area (Å²) in [5, 5.41) is 27.3. The van der Waals surface area contributed by atoms with E-state index in [-0.39, 0.29) is 17.9 Å². The molecule has 74 valence electrons. The van der Waals surface area contributed by atoms with Gasteiger partial charge in [-0.1, -0.05) is 18.0 Å². The molecular formula is C7H17NO4. The lowest BCUT2D eigenvalue weighted by atomic mass is 10.0. The molecule has 1 unspecified atom stereocenters. The molecule has 0 heterocycles. The Morgan fingerprint density at radius 3 is 2.33 bits per heavy atom.